The minimum Gasteiger partial charge on any atom is -0.496 e. The van der Waals surface area contributed by atoms with Crippen molar-refractivity contribution >= 4 is 21.6 Å². The fourth-order valence-corrected chi connectivity index (χ4v) is 4.14. The zero-order chi connectivity index (χ0) is 22.6. The van der Waals surface area contributed by atoms with Crippen molar-refractivity contribution in [3.63, 3.8) is 0 Å². The van der Waals surface area contributed by atoms with Crippen LogP contribution in [0.25, 0.3) is 0 Å². The topological polar surface area (TPSA) is 75.7 Å². The molecule has 0 fully saturated rings. The summed E-state index contributed by atoms with van der Waals surface area (Å²) in [4.78, 5) is 12.8. The maximum absolute atomic E-state index is 13.1. The van der Waals surface area contributed by atoms with Gasteiger partial charge in [-0.05, 0) is 61.5 Å². The van der Waals surface area contributed by atoms with Crippen LogP contribution >= 0.6 is 0 Å². The summed E-state index contributed by atoms with van der Waals surface area (Å²) in [6.45, 7) is 1.89. The number of hydrogen-bond donors (Lipinski definition) is 1. The molecule has 6 nitrogen and oxygen atoms in total. The monoisotopic (exact) mass is 442 g/mol. The number of nitrogens with zero attached hydrogens (tertiary/aromatic N) is 1. The van der Waals surface area contributed by atoms with Crippen LogP contribution in [-0.4, -0.2) is 32.8 Å². The Morgan fingerprint density at radius 2 is 1.68 bits per heavy atom. The largest absolute Gasteiger partial charge is 0.496 e. The molecule has 0 aliphatic carbocycles. The smallest absolute Gasteiger partial charge is 0.255 e. The first-order valence-electron chi connectivity index (χ1n) is 9.47. The molecule has 0 saturated heterocycles. The Hall–Kier alpha value is -3.23. The molecule has 162 valence electrons. The Balaban J connectivity index is 1.83. The van der Waals surface area contributed by atoms with E-state index in [1.165, 1.54) is 42.7 Å². The van der Waals surface area contributed by atoms with Crippen LogP contribution in [0.4, 0.5) is 10.1 Å². The van der Waals surface area contributed by atoms with Crippen LogP contribution in [0.15, 0.2) is 71.6 Å². The third kappa shape index (κ3) is 5.28. The Morgan fingerprint density at radius 1 is 1.03 bits per heavy atom. The molecule has 8 heteroatoms. The molecular weight excluding hydrogens is 419 g/mol. The normalized spacial score (nSPS) is 11.4. The lowest BCUT2D eigenvalue weighted by molar-refractivity contribution is 0.102. The number of sulfonamides is 1. The van der Waals surface area contributed by atoms with Crippen molar-refractivity contribution in [1.82, 2.24) is 4.31 Å². The maximum Gasteiger partial charge on any atom is 0.255 e. The average molecular weight is 443 g/mol. The van der Waals surface area contributed by atoms with Gasteiger partial charge in [-0.1, -0.05) is 17.7 Å². The first-order chi connectivity index (χ1) is 14.7. The van der Waals surface area contributed by atoms with Gasteiger partial charge in [-0.2, -0.15) is 4.31 Å². The van der Waals surface area contributed by atoms with Gasteiger partial charge < -0.3 is 10.1 Å². The number of amides is 1. The molecule has 3 aromatic carbocycles. The van der Waals surface area contributed by atoms with E-state index in [1.807, 2.05) is 6.92 Å². The molecule has 0 heterocycles. The van der Waals surface area contributed by atoms with Crippen molar-refractivity contribution in [2.45, 2.75) is 18.4 Å². The molecular formula is C23H23FN2O4S. The quantitative estimate of drug-likeness (QED) is 0.595. The molecule has 0 aliphatic rings. The Bertz CT molecular complexity index is 1180. The van der Waals surface area contributed by atoms with E-state index in [4.69, 9.17) is 4.74 Å². The number of halogens is 1. The third-order valence-electron chi connectivity index (χ3n) is 4.77. The number of hydrogen-bond acceptors (Lipinski definition) is 4. The van der Waals surface area contributed by atoms with Gasteiger partial charge in [0.2, 0.25) is 10.0 Å². The van der Waals surface area contributed by atoms with Gasteiger partial charge in [0.05, 0.1) is 12.0 Å². The highest BCUT2D eigenvalue weighted by Crippen LogP contribution is 2.25. The number of methoxy groups -OCH3 is 1. The van der Waals surface area contributed by atoms with Crippen LogP contribution in [-0.2, 0) is 16.6 Å². The number of aryl methyl sites for hydroxylation is 1. The number of benzene rings is 3. The molecule has 31 heavy (non-hydrogen) atoms. The van der Waals surface area contributed by atoms with Crippen LogP contribution in [0, 0.1) is 12.7 Å². The van der Waals surface area contributed by atoms with Crippen molar-refractivity contribution in [3.05, 3.63) is 89.2 Å². The summed E-state index contributed by atoms with van der Waals surface area (Å²) in [6, 6.07) is 16.8. The van der Waals surface area contributed by atoms with Crippen LogP contribution in [0.1, 0.15) is 21.5 Å². The van der Waals surface area contributed by atoms with Gasteiger partial charge in [-0.25, -0.2) is 12.8 Å². The lowest BCUT2D eigenvalue weighted by Crippen LogP contribution is -2.27. The summed E-state index contributed by atoms with van der Waals surface area (Å²) < 4.78 is 45.4. The van der Waals surface area contributed by atoms with E-state index in [1.54, 1.807) is 42.5 Å². The molecule has 0 aliphatic heterocycles. The summed E-state index contributed by atoms with van der Waals surface area (Å²) in [6.07, 6.45) is 0. The van der Waals surface area contributed by atoms with Gasteiger partial charge in [0.15, 0.2) is 0 Å². The van der Waals surface area contributed by atoms with Crippen molar-refractivity contribution in [2.75, 3.05) is 19.5 Å². The zero-order valence-electron chi connectivity index (χ0n) is 17.4. The summed E-state index contributed by atoms with van der Waals surface area (Å²) >= 11 is 0. The van der Waals surface area contributed by atoms with E-state index < -0.39 is 21.7 Å². The molecule has 1 amide bonds. The van der Waals surface area contributed by atoms with E-state index in [2.05, 4.69) is 5.32 Å². The van der Waals surface area contributed by atoms with Gasteiger partial charge in [0, 0.05) is 30.4 Å². The molecule has 0 spiro atoms. The minimum absolute atomic E-state index is 0.0110. The molecule has 1 N–H and O–H groups in total. The summed E-state index contributed by atoms with van der Waals surface area (Å²) in [5, 5.41) is 2.69. The van der Waals surface area contributed by atoms with E-state index >= 15 is 0 Å². The summed E-state index contributed by atoms with van der Waals surface area (Å²) in [7, 11) is -0.773. The third-order valence-corrected chi connectivity index (χ3v) is 6.58. The second kappa shape index (κ2) is 9.28. The van der Waals surface area contributed by atoms with Gasteiger partial charge in [0.1, 0.15) is 11.6 Å². The van der Waals surface area contributed by atoms with E-state index in [0.717, 1.165) is 5.56 Å². The van der Waals surface area contributed by atoms with Gasteiger partial charge in [-0.3, -0.25) is 4.79 Å². The van der Waals surface area contributed by atoms with E-state index in [9.17, 15) is 17.6 Å². The van der Waals surface area contributed by atoms with Gasteiger partial charge >= 0.3 is 0 Å². The second-order valence-corrected chi connectivity index (χ2v) is 9.11. The number of nitrogens with one attached hydrogen (secondary N) is 1. The Labute approximate surface area is 181 Å². The highest BCUT2D eigenvalue weighted by molar-refractivity contribution is 7.89. The lowest BCUT2D eigenvalue weighted by Gasteiger charge is -2.19. The second-order valence-electron chi connectivity index (χ2n) is 7.06. The fourth-order valence-electron chi connectivity index (χ4n) is 2.99. The van der Waals surface area contributed by atoms with Gasteiger partial charge in [-0.15, -0.1) is 0 Å². The number of ether oxygens (including phenoxy) is 1. The van der Waals surface area contributed by atoms with Crippen LogP contribution in [0.3, 0.4) is 0 Å². The van der Waals surface area contributed by atoms with Crippen molar-refractivity contribution < 1.29 is 22.3 Å². The average Bonchev–Trinajstić information content (AvgIpc) is 2.75. The van der Waals surface area contributed by atoms with Crippen molar-refractivity contribution in [2.24, 2.45) is 0 Å². The predicted molar refractivity (Wildman–Crippen MR) is 117 cm³/mol. The first kappa shape index (κ1) is 22.5. The molecule has 0 unspecified atom stereocenters. The van der Waals surface area contributed by atoms with Crippen LogP contribution in [0.2, 0.25) is 0 Å². The van der Waals surface area contributed by atoms with E-state index in [0.29, 0.717) is 22.6 Å². The van der Waals surface area contributed by atoms with Gasteiger partial charge in [0.25, 0.3) is 5.91 Å². The molecule has 3 rings (SSSR count). The molecule has 3 aromatic rings. The maximum atomic E-state index is 13.1. The minimum atomic E-state index is -3.72. The zero-order valence-corrected chi connectivity index (χ0v) is 18.2. The molecule has 0 atom stereocenters. The Morgan fingerprint density at radius 3 is 2.29 bits per heavy atom. The molecule has 0 bridgehead atoms. The standard InChI is InChI=1S/C23H23FN2O4S/c1-16-4-11-21(12-5-16)31(28,29)26(2)15-18-14-17(6-13-22(18)30-3)23(27)25-20-9-7-19(24)8-10-20/h4-14H,15H2,1-3H3,(H,25,27). The summed E-state index contributed by atoms with van der Waals surface area (Å²) in [5.74, 6) is -0.341. The molecule has 0 saturated carbocycles. The van der Waals surface area contributed by atoms with Crippen LogP contribution < -0.4 is 10.1 Å². The lowest BCUT2D eigenvalue weighted by atomic mass is 10.1. The SMILES string of the molecule is COc1ccc(C(=O)Nc2ccc(F)cc2)cc1CN(C)S(=O)(=O)c1ccc(C)cc1. The fraction of sp³-hybridized carbons (Fsp3) is 0.174. The summed E-state index contributed by atoms with van der Waals surface area (Å²) in [5.41, 5.74) is 2.26. The molecule has 0 aromatic heterocycles. The first-order valence-corrected chi connectivity index (χ1v) is 10.9. The Kier molecular flexibility index (Phi) is 6.72. The highest BCUT2D eigenvalue weighted by Gasteiger charge is 2.22. The number of rotatable bonds is 7. The molecule has 0 radical (unpaired) electrons. The highest BCUT2D eigenvalue weighted by atomic mass is 32.2. The number of carbonyl (C=O) groups is 1. The number of anilines is 1. The van der Waals surface area contributed by atoms with Crippen molar-refractivity contribution in [1.29, 1.82) is 0 Å². The number of carbonyl (C=O) groups excluding carboxylic acids is 1. The van der Waals surface area contributed by atoms with E-state index in [-0.39, 0.29) is 11.4 Å². The van der Waals surface area contributed by atoms with Crippen molar-refractivity contribution in [3.8, 4) is 5.75 Å². The van der Waals surface area contributed by atoms with Crippen LogP contribution in [0.5, 0.6) is 5.75 Å². The predicted octanol–water partition coefficient (Wildman–Crippen LogP) is 4.22.